The highest BCUT2D eigenvalue weighted by Crippen LogP contribution is 2.54. The van der Waals surface area contributed by atoms with Crippen molar-refractivity contribution in [3.63, 3.8) is 0 Å². The van der Waals surface area contributed by atoms with Gasteiger partial charge >= 0.3 is 11.9 Å². The Hall–Kier alpha value is -0.900. The van der Waals surface area contributed by atoms with Gasteiger partial charge in [-0.15, -0.1) is 0 Å². The van der Waals surface area contributed by atoms with Gasteiger partial charge in [-0.25, -0.2) is 0 Å². The first kappa shape index (κ1) is 7.50. The number of cyclic esters (lactones) is 2. The molecular weight excluding hydrogens is 172 g/mol. The molecule has 4 heteroatoms. The molecule has 3 fully saturated rings. The predicted molar refractivity (Wildman–Crippen MR) is 40.6 cm³/mol. The summed E-state index contributed by atoms with van der Waals surface area (Å²) in [4.78, 5) is 22.6. The van der Waals surface area contributed by atoms with E-state index in [4.69, 9.17) is 4.74 Å². The maximum atomic E-state index is 11.3. The van der Waals surface area contributed by atoms with E-state index in [9.17, 15) is 9.59 Å². The first-order valence-electron chi connectivity index (χ1n) is 4.55. The molecule has 0 aromatic carbocycles. The third-order valence-electron chi connectivity index (χ3n) is 3.49. The summed E-state index contributed by atoms with van der Waals surface area (Å²) < 4.78 is 10.3. The van der Waals surface area contributed by atoms with Gasteiger partial charge in [0.2, 0.25) is 0 Å². The van der Waals surface area contributed by atoms with Crippen LogP contribution in [0.15, 0.2) is 0 Å². The third-order valence-corrected chi connectivity index (χ3v) is 3.49. The van der Waals surface area contributed by atoms with Gasteiger partial charge in [-0.05, 0) is 19.8 Å². The smallest absolute Gasteiger partial charge is 0.320 e. The fourth-order valence-electron chi connectivity index (χ4n) is 2.88. The average Bonchev–Trinajstić information content (AvgIpc) is 2.62. The van der Waals surface area contributed by atoms with E-state index in [1.807, 2.05) is 6.92 Å². The molecule has 3 aliphatic rings. The van der Waals surface area contributed by atoms with Crippen molar-refractivity contribution in [2.45, 2.75) is 31.5 Å². The number of carbonyl (C=O) groups is 2. The summed E-state index contributed by atoms with van der Waals surface area (Å²) in [6, 6.07) is 0. The topological polar surface area (TPSA) is 52.6 Å². The van der Waals surface area contributed by atoms with Crippen molar-refractivity contribution in [1.82, 2.24) is 0 Å². The lowest BCUT2D eigenvalue weighted by Gasteiger charge is -2.24. The molecule has 2 bridgehead atoms. The second-order valence-electron chi connectivity index (χ2n) is 4.25. The quantitative estimate of drug-likeness (QED) is 0.398. The molecule has 13 heavy (non-hydrogen) atoms. The van der Waals surface area contributed by atoms with Crippen LogP contribution in [-0.4, -0.2) is 23.6 Å². The van der Waals surface area contributed by atoms with E-state index in [0.717, 1.165) is 12.8 Å². The van der Waals surface area contributed by atoms with Crippen molar-refractivity contribution in [2.75, 3.05) is 0 Å². The van der Waals surface area contributed by atoms with Crippen LogP contribution in [0.2, 0.25) is 0 Å². The van der Waals surface area contributed by atoms with Crippen LogP contribution < -0.4 is 0 Å². The summed E-state index contributed by atoms with van der Waals surface area (Å²) in [5.41, 5.74) is -0.432. The number of esters is 2. The lowest BCUT2D eigenvalue weighted by Crippen LogP contribution is -2.37. The molecule has 4 nitrogen and oxygen atoms in total. The van der Waals surface area contributed by atoms with Crippen LogP contribution in [0.5, 0.6) is 0 Å². The summed E-state index contributed by atoms with van der Waals surface area (Å²) in [6.45, 7) is 1.90. The van der Waals surface area contributed by atoms with Gasteiger partial charge in [0.15, 0.2) is 0 Å². The first-order valence-corrected chi connectivity index (χ1v) is 4.55. The Kier molecular flexibility index (Phi) is 1.12. The molecule has 70 valence electrons. The van der Waals surface area contributed by atoms with Crippen LogP contribution in [0.25, 0.3) is 0 Å². The highest BCUT2D eigenvalue weighted by atomic mass is 16.6. The van der Waals surface area contributed by atoms with Gasteiger partial charge in [0.1, 0.15) is 5.92 Å². The zero-order chi connectivity index (χ0) is 9.22. The minimum atomic E-state index is -0.432. The fourth-order valence-corrected chi connectivity index (χ4v) is 2.88. The monoisotopic (exact) mass is 182 g/mol. The van der Waals surface area contributed by atoms with E-state index in [1.54, 1.807) is 0 Å². The van der Waals surface area contributed by atoms with Crippen LogP contribution in [0.3, 0.4) is 0 Å². The molecule has 0 radical (unpaired) electrons. The van der Waals surface area contributed by atoms with Crippen molar-refractivity contribution < 1.29 is 19.1 Å². The molecule has 0 aliphatic carbocycles. The molecule has 0 amide bonds. The lowest BCUT2D eigenvalue weighted by atomic mass is 9.74. The number of hydrogen-bond acceptors (Lipinski definition) is 4. The van der Waals surface area contributed by atoms with Crippen molar-refractivity contribution in [3.05, 3.63) is 0 Å². The Bertz CT molecular complexity index is 311. The Morgan fingerprint density at radius 3 is 2.85 bits per heavy atom. The Morgan fingerprint density at radius 1 is 1.38 bits per heavy atom. The Morgan fingerprint density at radius 2 is 2.15 bits per heavy atom. The lowest BCUT2D eigenvalue weighted by molar-refractivity contribution is -0.158. The molecule has 3 rings (SSSR count). The first-order chi connectivity index (χ1) is 6.12. The zero-order valence-electron chi connectivity index (χ0n) is 7.28. The van der Waals surface area contributed by atoms with Gasteiger partial charge < -0.3 is 9.47 Å². The fraction of sp³-hybridized carbons (Fsp3) is 0.778. The van der Waals surface area contributed by atoms with Crippen LogP contribution >= 0.6 is 0 Å². The number of fused-ring (bicyclic) bond motifs is 5. The van der Waals surface area contributed by atoms with Crippen LogP contribution in [0.1, 0.15) is 19.8 Å². The van der Waals surface area contributed by atoms with E-state index in [2.05, 4.69) is 4.74 Å². The zero-order valence-corrected chi connectivity index (χ0v) is 7.28. The predicted octanol–water partition coefficient (Wildman–Crippen LogP) is 0.254. The van der Waals surface area contributed by atoms with Gasteiger partial charge in [-0.2, -0.15) is 0 Å². The molecule has 0 N–H and O–H groups in total. The van der Waals surface area contributed by atoms with Crippen molar-refractivity contribution in [3.8, 4) is 0 Å². The summed E-state index contributed by atoms with van der Waals surface area (Å²) >= 11 is 0. The molecular formula is C9H10O4. The Balaban J connectivity index is 2.08. The van der Waals surface area contributed by atoms with Crippen molar-refractivity contribution >= 4 is 11.9 Å². The van der Waals surface area contributed by atoms with Crippen molar-refractivity contribution in [1.29, 1.82) is 0 Å². The average molecular weight is 182 g/mol. The molecule has 3 aliphatic heterocycles. The number of ether oxygens (including phenoxy) is 2. The molecule has 0 aromatic heterocycles. The SMILES string of the molecule is C[C@@]12CC[C@@H](O1)[C@@H]1C(=O)OC(=O)[C@@H]12. The maximum absolute atomic E-state index is 11.3. The van der Waals surface area contributed by atoms with E-state index in [1.165, 1.54) is 0 Å². The molecule has 3 heterocycles. The molecule has 0 saturated carbocycles. The molecule has 0 spiro atoms. The van der Waals surface area contributed by atoms with E-state index >= 15 is 0 Å². The number of rotatable bonds is 0. The molecule has 0 aromatic rings. The van der Waals surface area contributed by atoms with E-state index in [0.29, 0.717) is 0 Å². The van der Waals surface area contributed by atoms with Gasteiger partial charge in [0, 0.05) is 0 Å². The summed E-state index contributed by atoms with van der Waals surface area (Å²) in [6.07, 6.45) is 1.66. The highest BCUT2D eigenvalue weighted by molar-refractivity contribution is 5.98. The standard InChI is InChI=1S/C9H10O4/c1-9-3-2-4(13-9)5-6(9)8(11)12-7(5)10/h4-6H,2-3H2,1H3/t4-,5+,6-,9+/m1/s1. The number of carbonyl (C=O) groups excluding carboxylic acids is 2. The van der Waals surface area contributed by atoms with Crippen LogP contribution in [-0.2, 0) is 19.1 Å². The Labute approximate surface area is 75.2 Å². The van der Waals surface area contributed by atoms with Crippen LogP contribution in [0, 0.1) is 11.8 Å². The number of hydrogen-bond donors (Lipinski definition) is 0. The summed E-state index contributed by atoms with van der Waals surface area (Å²) in [5.74, 6) is -1.42. The van der Waals surface area contributed by atoms with Gasteiger partial charge in [0.25, 0.3) is 0 Å². The second kappa shape index (κ2) is 1.95. The molecule has 3 saturated heterocycles. The minimum Gasteiger partial charge on any atom is -0.393 e. The second-order valence-corrected chi connectivity index (χ2v) is 4.25. The minimum absolute atomic E-state index is 0.0750. The van der Waals surface area contributed by atoms with E-state index in [-0.39, 0.29) is 29.9 Å². The van der Waals surface area contributed by atoms with Gasteiger partial charge in [0.05, 0.1) is 17.6 Å². The molecule has 4 atom stereocenters. The van der Waals surface area contributed by atoms with Crippen LogP contribution in [0.4, 0.5) is 0 Å². The third kappa shape index (κ3) is 0.705. The van der Waals surface area contributed by atoms with Gasteiger partial charge in [-0.1, -0.05) is 0 Å². The van der Waals surface area contributed by atoms with E-state index < -0.39 is 5.60 Å². The normalized spacial score (nSPS) is 52.5. The summed E-state index contributed by atoms with van der Waals surface area (Å²) in [7, 11) is 0. The summed E-state index contributed by atoms with van der Waals surface area (Å²) in [5, 5.41) is 0. The van der Waals surface area contributed by atoms with Gasteiger partial charge in [-0.3, -0.25) is 9.59 Å². The van der Waals surface area contributed by atoms with Crippen molar-refractivity contribution in [2.24, 2.45) is 11.8 Å². The molecule has 0 unspecified atom stereocenters. The maximum Gasteiger partial charge on any atom is 0.320 e. The largest absolute Gasteiger partial charge is 0.393 e. The highest BCUT2D eigenvalue weighted by Gasteiger charge is 2.66.